The van der Waals surface area contributed by atoms with Crippen molar-refractivity contribution in [1.29, 1.82) is 0 Å². The minimum Gasteiger partial charge on any atom is -0.469 e. The van der Waals surface area contributed by atoms with E-state index in [-0.39, 0.29) is 48.7 Å². The van der Waals surface area contributed by atoms with Crippen LogP contribution in [0.15, 0.2) is 18.2 Å². The largest absolute Gasteiger partial charge is 0.469 e. The molecule has 0 unspecified atom stereocenters. The average Bonchev–Trinajstić information content (AvgIpc) is 3.17. The molecule has 0 atom stereocenters. The summed E-state index contributed by atoms with van der Waals surface area (Å²) >= 11 is 1.74. The van der Waals surface area contributed by atoms with E-state index in [1.165, 1.54) is 17.7 Å². The maximum atomic E-state index is 12.7. The maximum absolute atomic E-state index is 12.7. The first-order chi connectivity index (χ1) is 14.0. The molecule has 2 aliphatic rings. The second-order valence-corrected chi connectivity index (χ2v) is 8.97. The molecule has 1 aliphatic heterocycles. The van der Waals surface area contributed by atoms with Crippen molar-refractivity contribution < 1.29 is 14.3 Å². The van der Waals surface area contributed by atoms with Crippen LogP contribution in [0.25, 0.3) is 10.6 Å². The van der Waals surface area contributed by atoms with Gasteiger partial charge in [0.1, 0.15) is 5.01 Å². The van der Waals surface area contributed by atoms with Crippen LogP contribution in [0.4, 0.5) is 0 Å². The number of methoxy groups -OCH3 is 1. The van der Waals surface area contributed by atoms with Gasteiger partial charge in [0.15, 0.2) is 0 Å². The Hall–Kier alpha value is -1.67. The smallest absolute Gasteiger partial charge is 0.308 e. The Labute approximate surface area is 199 Å². The van der Waals surface area contributed by atoms with E-state index in [2.05, 4.69) is 10.6 Å². The molecule has 1 aliphatic carbocycles. The zero-order valence-electron chi connectivity index (χ0n) is 17.7. The summed E-state index contributed by atoms with van der Waals surface area (Å²) in [5.74, 6) is -0.224. The number of aryl methyl sites for hydroxylation is 1. The van der Waals surface area contributed by atoms with Crippen LogP contribution in [-0.4, -0.2) is 36.6 Å². The molecular formula is C22H29Cl2N3O3S. The summed E-state index contributed by atoms with van der Waals surface area (Å²) < 4.78 is 4.83. The van der Waals surface area contributed by atoms with Crippen LogP contribution in [0, 0.1) is 12.8 Å². The molecule has 2 heterocycles. The molecule has 1 fully saturated rings. The summed E-state index contributed by atoms with van der Waals surface area (Å²) in [6, 6.07) is 5.96. The van der Waals surface area contributed by atoms with E-state index in [0.29, 0.717) is 5.56 Å². The van der Waals surface area contributed by atoms with Gasteiger partial charge in [-0.2, -0.15) is 0 Å². The van der Waals surface area contributed by atoms with E-state index in [4.69, 9.17) is 9.72 Å². The van der Waals surface area contributed by atoms with Crippen molar-refractivity contribution in [2.45, 2.75) is 51.6 Å². The number of rotatable bonds is 4. The van der Waals surface area contributed by atoms with Gasteiger partial charge in [-0.25, -0.2) is 4.98 Å². The molecule has 9 heteroatoms. The van der Waals surface area contributed by atoms with Crippen molar-refractivity contribution in [3.8, 4) is 10.6 Å². The van der Waals surface area contributed by atoms with Crippen molar-refractivity contribution in [2.75, 3.05) is 13.7 Å². The lowest BCUT2D eigenvalue weighted by molar-refractivity contribution is -0.146. The number of carbonyl (C=O) groups is 2. The highest BCUT2D eigenvalue weighted by Gasteiger charge is 2.28. The van der Waals surface area contributed by atoms with Gasteiger partial charge in [0.2, 0.25) is 0 Å². The van der Waals surface area contributed by atoms with Gasteiger partial charge in [-0.3, -0.25) is 9.59 Å². The number of aromatic nitrogens is 1. The number of halogens is 2. The van der Waals surface area contributed by atoms with Crippen LogP contribution >= 0.6 is 36.2 Å². The van der Waals surface area contributed by atoms with Crippen molar-refractivity contribution in [3.63, 3.8) is 0 Å². The van der Waals surface area contributed by atoms with E-state index in [0.717, 1.165) is 61.3 Å². The summed E-state index contributed by atoms with van der Waals surface area (Å²) in [4.78, 5) is 30.5. The molecule has 1 aromatic carbocycles. The third-order valence-electron chi connectivity index (χ3n) is 5.92. The van der Waals surface area contributed by atoms with E-state index >= 15 is 0 Å². The predicted octanol–water partition coefficient (Wildman–Crippen LogP) is 4.07. The van der Waals surface area contributed by atoms with E-state index in [1.807, 2.05) is 25.1 Å². The Morgan fingerprint density at radius 2 is 1.94 bits per heavy atom. The van der Waals surface area contributed by atoms with Gasteiger partial charge in [-0.15, -0.1) is 36.2 Å². The van der Waals surface area contributed by atoms with Gasteiger partial charge in [0.25, 0.3) is 5.91 Å². The quantitative estimate of drug-likeness (QED) is 0.637. The van der Waals surface area contributed by atoms with Gasteiger partial charge < -0.3 is 15.4 Å². The van der Waals surface area contributed by atoms with Crippen molar-refractivity contribution in [3.05, 3.63) is 39.9 Å². The fourth-order valence-electron chi connectivity index (χ4n) is 4.19. The molecule has 31 heavy (non-hydrogen) atoms. The minimum absolute atomic E-state index is 0. The second kappa shape index (κ2) is 11.3. The molecule has 6 nitrogen and oxygen atoms in total. The highest BCUT2D eigenvalue weighted by molar-refractivity contribution is 7.15. The topological polar surface area (TPSA) is 80.3 Å². The number of hydrogen-bond acceptors (Lipinski definition) is 6. The molecule has 2 aromatic rings. The summed E-state index contributed by atoms with van der Waals surface area (Å²) in [5.41, 5.74) is 4.03. The number of esters is 1. The first kappa shape index (κ1) is 25.6. The third kappa shape index (κ3) is 5.77. The summed E-state index contributed by atoms with van der Waals surface area (Å²) in [7, 11) is 1.43. The predicted molar refractivity (Wildman–Crippen MR) is 127 cm³/mol. The molecule has 0 bridgehead atoms. The Kier molecular flexibility index (Phi) is 9.30. The number of amides is 1. The van der Waals surface area contributed by atoms with E-state index < -0.39 is 0 Å². The highest BCUT2D eigenvalue weighted by atomic mass is 35.5. The van der Waals surface area contributed by atoms with Crippen molar-refractivity contribution in [2.24, 2.45) is 5.92 Å². The van der Waals surface area contributed by atoms with Crippen LogP contribution in [-0.2, 0) is 22.5 Å². The Balaban J connectivity index is 0.00000171. The number of ether oxygens (including phenoxy) is 1. The maximum Gasteiger partial charge on any atom is 0.308 e. The van der Waals surface area contributed by atoms with Crippen LogP contribution < -0.4 is 10.6 Å². The number of benzene rings is 1. The van der Waals surface area contributed by atoms with Crippen molar-refractivity contribution >= 4 is 48.0 Å². The van der Waals surface area contributed by atoms with Crippen LogP contribution in [0.5, 0.6) is 0 Å². The second-order valence-electron chi connectivity index (χ2n) is 7.89. The Bertz CT molecular complexity index is 903. The molecule has 4 rings (SSSR count). The standard InChI is InChI=1S/C22H27N3O3S.2ClH/c1-13-11-15(20(26)24-16-6-3-14(4-7-16)22(27)28-2)5-8-17(13)21-25-18-9-10-23-12-19(18)29-21;;/h5,8,11,14,16,23H,3-4,6-7,9-10,12H2,1-2H3,(H,24,26);2*1H. The fourth-order valence-corrected chi connectivity index (χ4v) is 5.36. The monoisotopic (exact) mass is 485 g/mol. The average molecular weight is 486 g/mol. The summed E-state index contributed by atoms with van der Waals surface area (Å²) in [6.45, 7) is 3.91. The van der Waals surface area contributed by atoms with Crippen LogP contribution in [0.2, 0.25) is 0 Å². The number of carbonyl (C=O) groups excluding carboxylic acids is 2. The number of nitrogens with zero attached hydrogens (tertiary/aromatic N) is 1. The highest BCUT2D eigenvalue weighted by Crippen LogP contribution is 2.32. The lowest BCUT2D eigenvalue weighted by Gasteiger charge is -2.27. The molecule has 1 saturated carbocycles. The lowest BCUT2D eigenvalue weighted by atomic mass is 9.86. The van der Waals surface area contributed by atoms with Gasteiger partial charge in [0.05, 0.1) is 18.7 Å². The van der Waals surface area contributed by atoms with Gasteiger partial charge >= 0.3 is 5.97 Å². The SMILES string of the molecule is COC(=O)C1CCC(NC(=O)c2ccc(-c3nc4c(s3)CNCC4)c(C)c2)CC1.Cl.Cl. The molecule has 0 radical (unpaired) electrons. The first-order valence-electron chi connectivity index (χ1n) is 10.2. The van der Waals surface area contributed by atoms with Gasteiger partial charge in [-0.05, 0) is 50.3 Å². The Morgan fingerprint density at radius 1 is 1.19 bits per heavy atom. The third-order valence-corrected chi connectivity index (χ3v) is 7.05. The lowest BCUT2D eigenvalue weighted by Crippen LogP contribution is -2.38. The molecule has 1 amide bonds. The number of nitrogens with one attached hydrogen (secondary N) is 2. The van der Waals surface area contributed by atoms with Crippen LogP contribution in [0.3, 0.4) is 0 Å². The number of hydrogen-bond donors (Lipinski definition) is 2. The minimum atomic E-state index is -0.138. The normalized spacial score (nSPS) is 19.9. The summed E-state index contributed by atoms with van der Waals surface area (Å²) in [6.07, 6.45) is 4.12. The van der Waals surface area contributed by atoms with E-state index in [1.54, 1.807) is 11.3 Å². The molecule has 0 spiro atoms. The number of fused-ring (bicyclic) bond motifs is 1. The van der Waals surface area contributed by atoms with Gasteiger partial charge in [-0.1, -0.05) is 6.07 Å². The molecule has 0 saturated heterocycles. The fraction of sp³-hybridized carbons (Fsp3) is 0.500. The number of thiazole rings is 1. The molecular weight excluding hydrogens is 457 g/mol. The zero-order valence-corrected chi connectivity index (χ0v) is 20.2. The van der Waals surface area contributed by atoms with Gasteiger partial charge in [0, 0.05) is 41.6 Å². The van der Waals surface area contributed by atoms with E-state index in [9.17, 15) is 9.59 Å². The summed E-state index contributed by atoms with van der Waals surface area (Å²) in [5, 5.41) is 7.55. The molecule has 2 N–H and O–H groups in total. The first-order valence-corrected chi connectivity index (χ1v) is 11.1. The van der Waals surface area contributed by atoms with Crippen LogP contribution in [0.1, 0.15) is 52.2 Å². The van der Waals surface area contributed by atoms with Crippen molar-refractivity contribution in [1.82, 2.24) is 15.6 Å². The Morgan fingerprint density at radius 3 is 2.58 bits per heavy atom. The molecule has 1 aromatic heterocycles. The zero-order chi connectivity index (χ0) is 20.4. The molecule has 170 valence electrons.